The van der Waals surface area contributed by atoms with Crippen molar-refractivity contribution in [3.63, 3.8) is 0 Å². The molecule has 0 saturated carbocycles. The minimum absolute atomic E-state index is 0.0557. The summed E-state index contributed by atoms with van der Waals surface area (Å²) in [6, 6.07) is -2.40. The number of ether oxygens (including phenoxy) is 13. The van der Waals surface area contributed by atoms with E-state index in [2.05, 4.69) is 29.8 Å². The van der Waals surface area contributed by atoms with E-state index in [1.165, 1.54) is 13.8 Å². The van der Waals surface area contributed by atoms with Gasteiger partial charge in [-0.15, -0.1) is 0 Å². The summed E-state index contributed by atoms with van der Waals surface area (Å²) in [5, 5.41) is 7.71. The molecule has 0 aliphatic carbocycles. The molecule has 0 aliphatic heterocycles. The van der Waals surface area contributed by atoms with Gasteiger partial charge in [-0.25, -0.2) is 0 Å². The van der Waals surface area contributed by atoms with Crippen LogP contribution < -0.4 is 16.0 Å². The third-order valence-electron chi connectivity index (χ3n) is 8.65. The van der Waals surface area contributed by atoms with Gasteiger partial charge in [0.05, 0.1) is 171 Å². The Kier molecular flexibility index (Phi) is 44.0. The van der Waals surface area contributed by atoms with Gasteiger partial charge >= 0.3 is 0 Å². The van der Waals surface area contributed by atoms with E-state index in [1.807, 2.05) is 0 Å². The van der Waals surface area contributed by atoms with Crippen LogP contribution in [0.25, 0.3) is 0 Å². The zero-order valence-electron chi connectivity index (χ0n) is 40.1. The molecule has 3 N–H and O–H groups in total. The lowest BCUT2D eigenvalue weighted by atomic mass is 10.0. The Morgan fingerprint density at radius 1 is 0.312 bits per heavy atom. The van der Waals surface area contributed by atoms with E-state index in [1.54, 1.807) is 20.8 Å². The highest BCUT2D eigenvalue weighted by Crippen LogP contribution is 2.01. The Morgan fingerprint density at radius 2 is 0.547 bits per heavy atom. The van der Waals surface area contributed by atoms with Crippen LogP contribution in [-0.4, -0.2) is 213 Å². The molecule has 0 bridgehead atoms. The molecule has 3 amide bonds. The second kappa shape index (κ2) is 45.7. The Hall–Kier alpha value is -2.44. The summed E-state index contributed by atoms with van der Waals surface area (Å²) in [5.74, 6) is -1.04. The molecule has 0 aromatic carbocycles. The van der Waals surface area contributed by atoms with Crippen molar-refractivity contribution in [1.82, 2.24) is 16.0 Å². The van der Waals surface area contributed by atoms with Crippen LogP contribution in [0, 0.1) is 11.8 Å². The predicted octanol–water partition coefficient (Wildman–Crippen LogP) is 1.38. The highest BCUT2D eigenvalue weighted by Gasteiger charge is 2.24. The molecular weight excluding hydrogens is 842 g/mol. The maximum atomic E-state index is 12.4. The highest BCUT2D eigenvalue weighted by molar-refractivity contribution is 5.94. The zero-order valence-corrected chi connectivity index (χ0v) is 40.1. The van der Waals surface area contributed by atoms with E-state index < -0.39 is 29.9 Å². The molecule has 0 saturated heterocycles. The summed E-state index contributed by atoms with van der Waals surface area (Å²) in [6.45, 7) is 24.8. The molecule has 0 rings (SSSR count). The summed E-state index contributed by atoms with van der Waals surface area (Å²) in [5.41, 5.74) is 0. The molecule has 0 heterocycles. The number of hydrogen-bond donors (Lipinski definition) is 3. The first kappa shape index (κ1) is 61.6. The van der Waals surface area contributed by atoms with Crippen LogP contribution >= 0.6 is 0 Å². The molecular formula is C44H85N3O17. The molecule has 64 heavy (non-hydrogen) atoms. The minimum atomic E-state index is -0.878. The Labute approximate surface area is 382 Å². The fourth-order valence-electron chi connectivity index (χ4n) is 4.92. The summed E-state index contributed by atoms with van der Waals surface area (Å²) in [6.07, 6.45) is 1.12. The molecule has 0 spiro atoms. The summed E-state index contributed by atoms with van der Waals surface area (Å²) in [7, 11) is 0. The first-order valence-electron chi connectivity index (χ1n) is 22.9. The third kappa shape index (κ3) is 42.2. The van der Waals surface area contributed by atoms with Gasteiger partial charge in [-0.1, -0.05) is 27.7 Å². The van der Waals surface area contributed by atoms with Gasteiger partial charge in [0.25, 0.3) is 0 Å². The van der Waals surface area contributed by atoms with E-state index in [0.717, 1.165) is 13.0 Å². The van der Waals surface area contributed by atoms with Crippen molar-refractivity contribution in [2.75, 3.05) is 172 Å². The van der Waals surface area contributed by atoms with Gasteiger partial charge < -0.3 is 77.5 Å². The molecule has 0 fully saturated rings. The molecule has 0 radical (unpaired) electrons. The SMILES string of the molecule is CC(C)CCOCCOCCOCCOCCOCCOCCOCCOCCOCCOCCOCCOCCOCCC(=O)N[C@@H](C)C(=O)N[C@@H](C)C(=O)N[C@@H](C)C(=O)C(C)C. The Balaban J connectivity index is 3.34. The monoisotopic (exact) mass is 928 g/mol. The van der Waals surface area contributed by atoms with E-state index in [0.29, 0.717) is 164 Å². The van der Waals surface area contributed by atoms with Crippen molar-refractivity contribution in [2.45, 2.75) is 79.4 Å². The predicted molar refractivity (Wildman–Crippen MR) is 237 cm³/mol. The standard InChI is InChI=1S/C44H85N3O17/c1-36(2)8-10-52-12-14-54-16-18-56-20-22-58-24-26-60-28-30-62-32-34-64-35-33-63-31-29-61-27-25-59-23-21-57-19-17-55-15-13-53-11-9-41(48)45-39(6)43(50)47-40(7)44(51)46-38(5)42(49)37(3)4/h36-40H,8-35H2,1-7H3,(H,45,48)(H,46,51)(H,47,50)/t38-,39-,40-/m0/s1. The van der Waals surface area contributed by atoms with Gasteiger partial charge in [0.2, 0.25) is 17.7 Å². The minimum Gasteiger partial charge on any atom is -0.379 e. The van der Waals surface area contributed by atoms with Crippen molar-refractivity contribution in [1.29, 1.82) is 0 Å². The van der Waals surface area contributed by atoms with Crippen LogP contribution in [0.15, 0.2) is 0 Å². The van der Waals surface area contributed by atoms with Gasteiger partial charge in [0.1, 0.15) is 12.1 Å². The van der Waals surface area contributed by atoms with Crippen LogP contribution in [-0.2, 0) is 80.8 Å². The number of carbonyl (C=O) groups excluding carboxylic acids is 4. The van der Waals surface area contributed by atoms with Gasteiger partial charge in [0.15, 0.2) is 5.78 Å². The van der Waals surface area contributed by atoms with Gasteiger partial charge in [-0.05, 0) is 33.1 Å². The van der Waals surface area contributed by atoms with Gasteiger partial charge in [-0.3, -0.25) is 19.2 Å². The second-order valence-corrected chi connectivity index (χ2v) is 15.2. The lowest BCUT2D eigenvalue weighted by Crippen LogP contribution is -2.53. The van der Waals surface area contributed by atoms with Crippen LogP contribution in [0.3, 0.4) is 0 Å². The van der Waals surface area contributed by atoms with E-state index in [-0.39, 0.29) is 30.6 Å². The first-order valence-corrected chi connectivity index (χ1v) is 22.9. The third-order valence-corrected chi connectivity index (χ3v) is 8.65. The van der Waals surface area contributed by atoms with Crippen molar-refractivity contribution in [2.24, 2.45) is 11.8 Å². The van der Waals surface area contributed by atoms with E-state index in [4.69, 9.17) is 61.6 Å². The van der Waals surface area contributed by atoms with E-state index in [9.17, 15) is 19.2 Å². The number of Topliss-reactive ketones (excluding diaryl/α,β-unsaturated/α-hetero) is 1. The molecule has 20 nitrogen and oxygen atoms in total. The number of nitrogens with one attached hydrogen (secondary N) is 3. The molecule has 0 unspecified atom stereocenters. The number of ketones is 1. The quantitative estimate of drug-likeness (QED) is 0.0733. The fourth-order valence-corrected chi connectivity index (χ4v) is 4.92. The first-order chi connectivity index (χ1) is 31.0. The summed E-state index contributed by atoms with van der Waals surface area (Å²) >= 11 is 0. The smallest absolute Gasteiger partial charge is 0.242 e. The molecule has 3 atom stereocenters. The number of rotatable bonds is 49. The molecule has 0 aromatic rings. The van der Waals surface area contributed by atoms with Crippen molar-refractivity contribution in [3.05, 3.63) is 0 Å². The number of amides is 3. The summed E-state index contributed by atoms with van der Waals surface area (Å²) < 4.78 is 71.2. The fraction of sp³-hybridized carbons (Fsp3) is 0.909. The molecule has 0 aromatic heterocycles. The van der Waals surface area contributed by atoms with Gasteiger partial charge in [-0.2, -0.15) is 0 Å². The van der Waals surface area contributed by atoms with Crippen LogP contribution in [0.4, 0.5) is 0 Å². The average molecular weight is 928 g/mol. The topological polar surface area (TPSA) is 224 Å². The molecule has 378 valence electrons. The lowest BCUT2D eigenvalue weighted by Gasteiger charge is -2.21. The van der Waals surface area contributed by atoms with Crippen molar-refractivity contribution < 1.29 is 80.8 Å². The molecule has 0 aliphatic rings. The lowest BCUT2D eigenvalue weighted by molar-refractivity contribution is -0.133. The average Bonchev–Trinajstić information content (AvgIpc) is 3.26. The molecule has 20 heteroatoms. The van der Waals surface area contributed by atoms with Crippen LogP contribution in [0.5, 0.6) is 0 Å². The Morgan fingerprint density at radius 3 is 0.812 bits per heavy atom. The van der Waals surface area contributed by atoms with Gasteiger partial charge in [0, 0.05) is 18.9 Å². The van der Waals surface area contributed by atoms with Crippen LogP contribution in [0.2, 0.25) is 0 Å². The maximum Gasteiger partial charge on any atom is 0.242 e. The largest absolute Gasteiger partial charge is 0.379 e. The Bertz CT molecular complexity index is 1110. The van der Waals surface area contributed by atoms with Crippen LogP contribution in [0.1, 0.15) is 61.3 Å². The number of carbonyl (C=O) groups is 4. The maximum absolute atomic E-state index is 12.4. The zero-order chi connectivity index (χ0) is 47.3. The summed E-state index contributed by atoms with van der Waals surface area (Å²) in [4.78, 5) is 48.9. The van der Waals surface area contributed by atoms with Crippen molar-refractivity contribution in [3.8, 4) is 0 Å². The number of hydrogen-bond acceptors (Lipinski definition) is 17. The van der Waals surface area contributed by atoms with E-state index >= 15 is 0 Å². The van der Waals surface area contributed by atoms with Crippen molar-refractivity contribution >= 4 is 23.5 Å². The second-order valence-electron chi connectivity index (χ2n) is 15.2. The normalized spacial score (nSPS) is 13.0. The highest BCUT2D eigenvalue weighted by atomic mass is 16.6.